The van der Waals surface area contributed by atoms with Gasteiger partial charge in [-0.2, -0.15) is 0 Å². The third-order valence-electron chi connectivity index (χ3n) is 2.15. The second-order valence-electron chi connectivity index (χ2n) is 3.61. The van der Waals surface area contributed by atoms with Crippen molar-refractivity contribution >= 4 is 35.3 Å². The highest BCUT2D eigenvalue weighted by molar-refractivity contribution is 6.33. The fourth-order valence-corrected chi connectivity index (χ4v) is 1.51. The maximum absolute atomic E-state index is 11.5. The number of carbonyl (C=O) groups is 3. The number of carbonyl (C=O) groups excluding carboxylic acids is 2. The highest BCUT2D eigenvalue weighted by Crippen LogP contribution is 2.20. The lowest BCUT2D eigenvalue weighted by Crippen LogP contribution is -2.34. The predicted octanol–water partition coefficient (Wildman–Crippen LogP) is 1.72. The summed E-state index contributed by atoms with van der Waals surface area (Å²) in [4.78, 5) is 33.4. The van der Waals surface area contributed by atoms with Gasteiger partial charge in [-0.25, -0.2) is 9.59 Å². The van der Waals surface area contributed by atoms with Gasteiger partial charge in [0.15, 0.2) is 0 Å². The number of carboxylic acid groups (broad SMARTS) is 1. The molecule has 0 bridgehead atoms. The Hall–Kier alpha value is -2.28. The van der Waals surface area contributed by atoms with E-state index < -0.39 is 18.0 Å². The normalized spacial score (nSPS) is 9.70. The standard InChI is InChI=1S/C12H13ClN2O5/c1-2-20-10(16)6-14-12(19)15-7-3-4-9(13)8(5-7)11(17)18/h3-5H,2,6H2,1H3,(H,17,18)(H2,14,15,19). The Bertz CT molecular complexity index is 533. The molecule has 8 heteroatoms. The van der Waals surface area contributed by atoms with Gasteiger partial charge >= 0.3 is 18.0 Å². The Morgan fingerprint density at radius 2 is 2.05 bits per heavy atom. The summed E-state index contributed by atoms with van der Waals surface area (Å²) in [5, 5.41) is 13.6. The lowest BCUT2D eigenvalue weighted by Gasteiger charge is -2.08. The van der Waals surface area contributed by atoms with Crippen LogP contribution in [0.2, 0.25) is 5.02 Å². The first kappa shape index (κ1) is 15.8. The lowest BCUT2D eigenvalue weighted by atomic mass is 10.2. The van der Waals surface area contributed by atoms with Crippen LogP contribution in [0.5, 0.6) is 0 Å². The number of hydrogen-bond acceptors (Lipinski definition) is 4. The number of carboxylic acids is 1. The first-order valence-electron chi connectivity index (χ1n) is 5.67. The number of benzene rings is 1. The minimum atomic E-state index is -1.20. The van der Waals surface area contributed by atoms with Crippen LogP contribution in [-0.4, -0.2) is 36.2 Å². The molecule has 2 amide bonds. The van der Waals surface area contributed by atoms with E-state index in [1.807, 2.05) is 0 Å². The summed E-state index contributed by atoms with van der Waals surface area (Å²) in [5.74, 6) is -1.77. The number of hydrogen-bond donors (Lipinski definition) is 3. The fraction of sp³-hybridized carbons (Fsp3) is 0.250. The van der Waals surface area contributed by atoms with Gasteiger partial charge < -0.3 is 20.5 Å². The molecule has 7 nitrogen and oxygen atoms in total. The second kappa shape index (κ2) is 7.34. The maximum atomic E-state index is 11.5. The van der Waals surface area contributed by atoms with Gasteiger partial charge in [-0.3, -0.25) is 4.79 Å². The van der Waals surface area contributed by atoms with E-state index in [1.165, 1.54) is 18.2 Å². The van der Waals surface area contributed by atoms with E-state index in [-0.39, 0.29) is 29.4 Å². The molecule has 0 aliphatic carbocycles. The highest BCUT2D eigenvalue weighted by Gasteiger charge is 2.11. The van der Waals surface area contributed by atoms with Crippen molar-refractivity contribution in [2.75, 3.05) is 18.5 Å². The van der Waals surface area contributed by atoms with E-state index in [0.717, 1.165) is 0 Å². The number of urea groups is 1. The van der Waals surface area contributed by atoms with Crippen molar-refractivity contribution in [3.63, 3.8) is 0 Å². The molecule has 1 aromatic carbocycles. The number of halogens is 1. The molecule has 1 rings (SSSR count). The Labute approximate surface area is 119 Å². The van der Waals surface area contributed by atoms with Crippen molar-refractivity contribution in [1.82, 2.24) is 5.32 Å². The van der Waals surface area contributed by atoms with Gasteiger partial charge in [-0.05, 0) is 25.1 Å². The van der Waals surface area contributed by atoms with Crippen LogP contribution in [0, 0.1) is 0 Å². The van der Waals surface area contributed by atoms with Gasteiger partial charge in [0, 0.05) is 5.69 Å². The SMILES string of the molecule is CCOC(=O)CNC(=O)Nc1ccc(Cl)c(C(=O)O)c1. The van der Waals surface area contributed by atoms with Crippen LogP contribution in [-0.2, 0) is 9.53 Å². The molecule has 0 saturated heterocycles. The molecule has 0 heterocycles. The fourth-order valence-electron chi connectivity index (χ4n) is 1.31. The van der Waals surface area contributed by atoms with Crippen LogP contribution >= 0.6 is 11.6 Å². The molecule has 0 unspecified atom stereocenters. The van der Waals surface area contributed by atoms with Gasteiger partial charge in [0.2, 0.25) is 0 Å². The summed E-state index contributed by atoms with van der Waals surface area (Å²) in [7, 11) is 0. The summed E-state index contributed by atoms with van der Waals surface area (Å²) in [5.41, 5.74) is 0.114. The molecule has 20 heavy (non-hydrogen) atoms. The predicted molar refractivity (Wildman–Crippen MR) is 72.1 cm³/mol. The number of nitrogens with one attached hydrogen (secondary N) is 2. The number of aromatic carboxylic acids is 1. The maximum Gasteiger partial charge on any atom is 0.337 e. The van der Waals surface area contributed by atoms with Gasteiger partial charge in [0.1, 0.15) is 6.54 Å². The zero-order valence-corrected chi connectivity index (χ0v) is 11.4. The van der Waals surface area contributed by atoms with Crippen molar-refractivity contribution in [3.8, 4) is 0 Å². The smallest absolute Gasteiger partial charge is 0.337 e. The molecule has 0 atom stereocenters. The largest absolute Gasteiger partial charge is 0.478 e. The second-order valence-corrected chi connectivity index (χ2v) is 4.02. The Kier molecular flexibility index (Phi) is 5.79. The first-order chi connectivity index (χ1) is 9.43. The number of rotatable bonds is 5. The van der Waals surface area contributed by atoms with E-state index in [4.69, 9.17) is 16.7 Å². The van der Waals surface area contributed by atoms with Crippen LogP contribution in [0.3, 0.4) is 0 Å². The van der Waals surface area contributed by atoms with Crippen molar-refractivity contribution in [2.24, 2.45) is 0 Å². The van der Waals surface area contributed by atoms with Gasteiger partial charge in [0.05, 0.1) is 17.2 Å². The van der Waals surface area contributed by atoms with Gasteiger partial charge in [0.25, 0.3) is 0 Å². The minimum absolute atomic E-state index is 0.0648. The molecule has 0 fully saturated rings. The molecule has 0 aliphatic rings. The molecule has 0 aliphatic heterocycles. The summed E-state index contributed by atoms with van der Waals surface area (Å²) >= 11 is 5.69. The van der Waals surface area contributed by atoms with E-state index in [2.05, 4.69) is 15.4 Å². The van der Waals surface area contributed by atoms with Crippen LogP contribution < -0.4 is 10.6 Å². The highest BCUT2D eigenvalue weighted by atomic mass is 35.5. The lowest BCUT2D eigenvalue weighted by molar-refractivity contribution is -0.141. The molecular weight excluding hydrogens is 288 g/mol. The molecule has 108 valence electrons. The third kappa shape index (κ3) is 4.77. The number of esters is 1. The number of anilines is 1. The summed E-state index contributed by atoms with van der Waals surface area (Å²) in [6.45, 7) is 1.60. The molecule has 0 radical (unpaired) electrons. The van der Waals surface area contributed by atoms with Gasteiger partial charge in [-0.1, -0.05) is 11.6 Å². The van der Waals surface area contributed by atoms with Crippen molar-refractivity contribution in [3.05, 3.63) is 28.8 Å². The zero-order valence-electron chi connectivity index (χ0n) is 10.6. The first-order valence-corrected chi connectivity index (χ1v) is 6.05. The molecule has 3 N–H and O–H groups in total. The topological polar surface area (TPSA) is 105 Å². The molecular formula is C12H13ClN2O5. The molecule has 1 aromatic rings. The molecule has 0 spiro atoms. The van der Waals surface area contributed by atoms with E-state index in [1.54, 1.807) is 6.92 Å². The van der Waals surface area contributed by atoms with Crippen LogP contribution in [0.4, 0.5) is 10.5 Å². The minimum Gasteiger partial charge on any atom is -0.478 e. The Morgan fingerprint density at radius 1 is 1.35 bits per heavy atom. The number of ether oxygens (including phenoxy) is 1. The monoisotopic (exact) mass is 300 g/mol. The Balaban J connectivity index is 2.60. The van der Waals surface area contributed by atoms with E-state index in [9.17, 15) is 14.4 Å². The molecule has 0 saturated carbocycles. The van der Waals surface area contributed by atoms with E-state index >= 15 is 0 Å². The van der Waals surface area contributed by atoms with Crippen LogP contribution in [0.1, 0.15) is 17.3 Å². The number of amides is 2. The van der Waals surface area contributed by atoms with Gasteiger partial charge in [-0.15, -0.1) is 0 Å². The third-order valence-corrected chi connectivity index (χ3v) is 2.48. The van der Waals surface area contributed by atoms with Crippen molar-refractivity contribution in [1.29, 1.82) is 0 Å². The van der Waals surface area contributed by atoms with Crippen molar-refractivity contribution < 1.29 is 24.2 Å². The van der Waals surface area contributed by atoms with Crippen LogP contribution in [0.15, 0.2) is 18.2 Å². The quantitative estimate of drug-likeness (QED) is 0.718. The Morgan fingerprint density at radius 3 is 2.65 bits per heavy atom. The van der Waals surface area contributed by atoms with Crippen LogP contribution in [0.25, 0.3) is 0 Å². The van der Waals surface area contributed by atoms with Crippen molar-refractivity contribution in [2.45, 2.75) is 6.92 Å². The summed E-state index contributed by atoms with van der Waals surface area (Å²) < 4.78 is 4.63. The molecule has 0 aromatic heterocycles. The zero-order chi connectivity index (χ0) is 15.1. The average molecular weight is 301 g/mol. The summed E-state index contributed by atoms with van der Waals surface area (Å²) in [6.07, 6.45) is 0. The average Bonchev–Trinajstić information content (AvgIpc) is 2.39. The van der Waals surface area contributed by atoms with E-state index in [0.29, 0.717) is 0 Å². The summed E-state index contributed by atoms with van der Waals surface area (Å²) in [6, 6.07) is 3.36.